The Kier molecular flexibility index (Phi) is 6.24. The molecule has 1 spiro atoms. The van der Waals surface area contributed by atoms with E-state index in [1.807, 2.05) is 26.0 Å². The third-order valence-corrected chi connectivity index (χ3v) is 9.63. The first-order valence-corrected chi connectivity index (χ1v) is 12.3. The Hall–Kier alpha value is -1.77. The molecule has 3 aliphatic rings. The monoisotopic (exact) mass is 479 g/mol. The fraction of sp³-hybridized carbons (Fsp3) is 0.609. The fourth-order valence-corrected chi connectivity index (χ4v) is 8.52. The number of unbranched alkanes of at least 4 members (excludes halogenated alkanes) is 1. The van der Waals surface area contributed by atoms with E-state index in [0.29, 0.717) is 36.5 Å². The molecule has 7 nitrogen and oxygen atoms in total. The minimum Gasteiger partial charge on any atom is -0.396 e. The Morgan fingerprint density at radius 3 is 2.69 bits per heavy atom. The van der Waals surface area contributed by atoms with Crippen molar-refractivity contribution in [3.8, 4) is 0 Å². The molecule has 0 saturated carbocycles. The molecule has 3 N–H and O–H groups in total. The van der Waals surface area contributed by atoms with Crippen LogP contribution in [0, 0.1) is 18.8 Å². The highest BCUT2D eigenvalue weighted by Gasteiger charge is 2.76. The van der Waals surface area contributed by atoms with Crippen LogP contribution in [0.5, 0.6) is 0 Å². The van der Waals surface area contributed by atoms with Gasteiger partial charge in [-0.1, -0.05) is 23.7 Å². The summed E-state index contributed by atoms with van der Waals surface area (Å²) in [5.74, 6) is -1.56. The number of fused-ring (bicyclic) bond motifs is 1. The quantitative estimate of drug-likeness (QED) is 0.522. The van der Waals surface area contributed by atoms with E-state index in [4.69, 9.17) is 11.6 Å². The number of amides is 3. The first-order valence-electron chi connectivity index (χ1n) is 11.1. The van der Waals surface area contributed by atoms with Crippen molar-refractivity contribution in [2.75, 3.05) is 25.5 Å². The van der Waals surface area contributed by atoms with Gasteiger partial charge in [0, 0.05) is 24.9 Å². The van der Waals surface area contributed by atoms with Crippen LogP contribution in [0.1, 0.15) is 38.2 Å². The van der Waals surface area contributed by atoms with Crippen LogP contribution < -0.4 is 10.6 Å². The van der Waals surface area contributed by atoms with Crippen LogP contribution in [0.4, 0.5) is 5.69 Å². The van der Waals surface area contributed by atoms with E-state index in [2.05, 4.69) is 10.6 Å². The van der Waals surface area contributed by atoms with Gasteiger partial charge in [-0.2, -0.15) is 0 Å². The molecule has 174 valence electrons. The minimum absolute atomic E-state index is 0.0277. The molecule has 32 heavy (non-hydrogen) atoms. The van der Waals surface area contributed by atoms with E-state index in [1.54, 1.807) is 29.8 Å². The Balaban J connectivity index is 1.73. The highest BCUT2D eigenvalue weighted by Crippen LogP contribution is 2.71. The van der Waals surface area contributed by atoms with Crippen molar-refractivity contribution in [2.45, 2.75) is 55.1 Å². The second kappa shape index (κ2) is 8.54. The molecule has 2 bridgehead atoms. The molecule has 1 aromatic carbocycles. The van der Waals surface area contributed by atoms with Crippen molar-refractivity contribution in [3.63, 3.8) is 0 Å². The summed E-state index contributed by atoms with van der Waals surface area (Å²) >= 11 is 8.00. The summed E-state index contributed by atoms with van der Waals surface area (Å²) in [5, 5.41) is 15.4. The zero-order valence-electron chi connectivity index (χ0n) is 18.6. The van der Waals surface area contributed by atoms with Crippen LogP contribution in [0.2, 0.25) is 5.02 Å². The van der Waals surface area contributed by atoms with Gasteiger partial charge in [0.05, 0.1) is 27.3 Å². The topological polar surface area (TPSA) is 98.7 Å². The lowest BCUT2D eigenvalue weighted by Crippen LogP contribution is -2.52. The minimum atomic E-state index is -0.698. The third kappa shape index (κ3) is 3.42. The van der Waals surface area contributed by atoms with Gasteiger partial charge in [0.15, 0.2) is 0 Å². The van der Waals surface area contributed by atoms with Gasteiger partial charge < -0.3 is 20.6 Å². The maximum absolute atomic E-state index is 13.8. The summed E-state index contributed by atoms with van der Waals surface area (Å²) in [6.07, 6.45) is 2.61. The van der Waals surface area contributed by atoms with Crippen molar-refractivity contribution in [3.05, 3.63) is 28.8 Å². The molecular weight excluding hydrogens is 450 g/mol. The van der Waals surface area contributed by atoms with Gasteiger partial charge in [0.1, 0.15) is 6.04 Å². The Labute approximate surface area is 197 Å². The van der Waals surface area contributed by atoms with E-state index in [1.165, 1.54) is 0 Å². The number of aryl methyl sites for hydroxylation is 1. The lowest BCUT2D eigenvalue weighted by molar-refractivity contribution is -0.140. The molecule has 0 aliphatic carbocycles. The number of rotatable bonds is 7. The number of hydrogen-bond donors (Lipinski definition) is 3. The van der Waals surface area contributed by atoms with Gasteiger partial charge >= 0.3 is 0 Å². The van der Waals surface area contributed by atoms with Gasteiger partial charge in [-0.15, -0.1) is 11.8 Å². The van der Waals surface area contributed by atoms with Crippen molar-refractivity contribution in [2.24, 2.45) is 11.8 Å². The van der Waals surface area contributed by atoms with E-state index in [-0.39, 0.29) is 29.1 Å². The number of likely N-dealkylation sites (tertiary alicyclic amines) is 1. The van der Waals surface area contributed by atoms with Crippen LogP contribution in [0.15, 0.2) is 18.2 Å². The van der Waals surface area contributed by atoms with Crippen molar-refractivity contribution < 1.29 is 19.5 Å². The van der Waals surface area contributed by atoms with Crippen LogP contribution in [0.25, 0.3) is 0 Å². The van der Waals surface area contributed by atoms with Gasteiger partial charge in [-0.25, -0.2) is 0 Å². The van der Waals surface area contributed by atoms with Gasteiger partial charge in [-0.05, 0) is 51.2 Å². The number of benzene rings is 1. The molecule has 3 heterocycles. The maximum Gasteiger partial charge on any atom is 0.248 e. The third-order valence-electron chi connectivity index (χ3n) is 7.33. The van der Waals surface area contributed by atoms with E-state index in [0.717, 1.165) is 12.0 Å². The molecule has 0 aromatic heterocycles. The number of carbonyl (C=O) groups excluding carboxylic acids is 3. The summed E-state index contributed by atoms with van der Waals surface area (Å²) in [7, 11) is 1.60. The Morgan fingerprint density at radius 2 is 2.03 bits per heavy atom. The predicted octanol–water partition coefficient (Wildman–Crippen LogP) is 2.59. The van der Waals surface area contributed by atoms with E-state index < -0.39 is 22.6 Å². The number of aliphatic hydroxyl groups excluding tert-OH is 1. The van der Waals surface area contributed by atoms with Gasteiger partial charge in [0.2, 0.25) is 17.7 Å². The fourth-order valence-electron chi connectivity index (χ4n) is 5.90. The standard InChI is InChI=1S/C23H30ClN3O4S/c1-13-7-6-8-14(24)17(13)26-20(30)18-23-10-9-22(2,32-23)15(19(29)25-3)16(23)21(31)27(18)11-4-5-12-28/h6-8,15-16,18,28H,4-5,9-12H2,1-3H3,(H,25,29)(H,26,30)/t15-,16-,18?,22+,23?/m0/s1. The maximum atomic E-state index is 13.8. The molecule has 5 atom stereocenters. The summed E-state index contributed by atoms with van der Waals surface area (Å²) < 4.78 is -1.03. The Morgan fingerprint density at radius 1 is 1.28 bits per heavy atom. The average Bonchev–Trinajstić information content (AvgIpc) is 3.31. The molecule has 3 amide bonds. The Bertz CT molecular complexity index is 939. The first-order chi connectivity index (χ1) is 15.2. The number of carbonyl (C=O) groups is 3. The number of anilines is 1. The zero-order valence-corrected chi connectivity index (χ0v) is 20.2. The van der Waals surface area contributed by atoms with E-state index in [9.17, 15) is 19.5 Å². The second-order valence-electron chi connectivity index (χ2n) is 9.23. The first kappa shape index (κ1) is 23.4. The molecule has 0 radical (unpaired) electrons. The number of para-hydroxylation sites is 1. The predicted molar refractivity (Wildman–Crippen MR) is 126 cm³/mol. The average molecular weight is 480 g/mol. The largest absolute Gasteiger partial charge is 0.396 e. The number of thioether (sulfide) groups is 1. The number of nitrogens with one attached hydrogen (secondary N) is 2. The molecule has 3 saturated heterocycles. The summed E-state index contributed by atoms with van der Waals surface area (Å²) in [5.41, 5.74) is 1.39. The van der Waals surface area contributed by atoms with Gasteiger partial charge in [-0.3, -0.25) is 14.4 Å². The highest BCUT2D eigenvalue weighted by atomic mass is 35.5. The highest BCUT2D eigenvalue weighted by molar-refractivity contribution is 8.02. The zero-order chi connectivity index (χ0) is 23.3. The second-order valence-corrected chi connectivity index (χ2v) is 11.5. The van der Waals surface area contributed by atoms with Crippen molar-refractivity contribution in [1.29, 1.82) is 0 Å². The molecular formula is C23H30ClN3O4S. The van der Waals surface area contributed by atoms with Crippen LogP contribution >= 0.6 is 23.4 Å². The molecule has 3 aliphatic heterocycles. The molecule has 2 unspecified atom stereocenters. The smallest absolute Gasteiger partial charge is 0.248 e. The van der Waals surface area contributed by atoms with Crippen molar-refractivity contribution >= 4 is 46.8 Å². The molecule has 4 rings (SSSR count). The number of nitrogens with zero attached hydrogens (tertiary/aromatic N) is 1. The van der Waals surface area contributed by atoms with Crippen LogP contribution in [-0.2, 0) is 14.4 Å². The number of hydrogen-bond acceptors (Lipinski definition) is 5. The van der Waals surface area contributed by atoms with Gasteiger partial charge in [0.25, 0.3) is 0 Å². The molecule has 1 aromatic rings. The number of halogens is 1. The molecule has 9 heteroatoms. The lowest BCUT2D eigenvalue weighted by atomic mass is 9.66. The summed E-state index contributed by atoms with van der Waals surface area (Å²) in [6.45, 7) is 4.32. The number of aliphatic hydroxyl groups is 1. The van der Waals surface area contributed by atoms with Crippen LogP contribution in [0.3, 0.4) is 0 Å². The van der Waals surface area contributed by atoms with Crippen molar-refractivity contribution in [1.82, 2.24) is 10.2 Å². The lowest BCUT2D eigenvalue weighted by Gasteiger charge is -2.34. The van der Waals surface area contributed by atoms with E-state index >= 15 is 0 Å². The normalized spacial score (nSPS) is 32.8. The molecule has 3 fully saturated rings. The SMILES string of the molecule is CNC(=O)[C@@H]1[C@H]2C(=O)N(CCCCO)C(C(=O)Nc3c(C)cccc3Cl)C23CC[C@@]1(C)S3. The summed E-state index contributed by atoms with van der Waals surface area (Å²) in [4.78, 5) is 42.0. The van der Waals surface area contributed by atoms with Crippen LogP contribution in [-0.4, -0.2) is 63.5 Å². The summed E-state index contributed by atoms with van der Waals surface area (Å²) in [6, 6.07) is 4.73.